The third kappa shape index (κ3) is 4.07. The van der Waals surface area contributed by atoms with Crippen molar-refractivity contribution in [3.63, 3.8) is 0 Å². The molecule has 0 aliphatic heterocycles. The van der Waals surface area contributed by atoms with E-state index >= 15 is 0 Å². The van der Waals surface area contributed by atoms with Gasteiger partial charge in [0, 0.05) is 12.4 Å². The summed E-state index contributed by atoms with van der Waals surface area (Å²) in [4.78, 5) is 17.5. The Labute approximate surface area is 183 Å². The minimum Gasteiger partial charge on any atom is -0.288 e. The molecule has 0 spiro atoms. The van der Waals surface area contributed by atoms with Gasteiger partial charge in [-0.25, -0.2) is 4.98 Å². The first kappa shape index (κ1) is 20.8. The van der Waals surface area contributed by atoms with E-state index in [9.17, 15) is 4.79 Å². The molecule has 1 N–H and O–H groups in total. The number of aromatic nitrogens is 2. The standard InChI is InChI=1S/C27H27N3O/c1-21(2)25(26(31)30-19-18-28-20-30)29-27(22-12-6-3-7-13-22,23-14-8-4-9-15-23)24-16-10-5-11-17-24/h3-21,25,29H,1-2H3/t25-/m0/s1. The van der Waals surface area contributed by atoms with Gasteiger partial charge in [-0.05, 0) is 22.6 Å². The van der Waals surface area contributed by atoms with Crippen LogP contribution in [0, 0.1) is 5.92 Å². The maximum absolute atomic E-state index is 13.5. The molecule has 4 rings (SSSR count). The number of nitrogens with zero attached hydrogens (tertiary/aromatic N) is 2. The van der Waals surface area contributed by atoms with Crippen molar-refractivity contribution in [2.75, 3.05) is 0 Å². The third-order valence-electron chi connectivity index (χ3n) is 5.68. The summed E-state index contributed by atoms with van der Waals surface area (Å²) in [5.74, 6) is 0.0325. The summed E-state index contributed by atoms with van der Waals surface area (Å²) in [6.45, 7) is 4.14. The van der Waals surface area contributed by atoms with Crippen LogP contribution in [-0.4, -0.2) is 21.5 Å². The second-order valence-electron chi connectivity index (χ2n) is 8.02. The zero-order valence-corrected chi connectivity index (χ0v) is 17.8. The van der Waals surface area contributed by atoms with Gasteiger partial charge in [0.15, 0.2) is 0 Å². The lowest BCUT2D eigenvalue weighted by Gasteiger charge is -2.40. The molecule has 31 heavy (non-hydrogen) atoms. The summed E-state index contributed by atoms with van der Waals surface area (Å²) in [5.41, 5.74) is 2.54. The zero-order valence-electron chi connectivity index (χ0n) is 17.8. The van der Waals surface area contributed by atoms with Gasteiger partial charge in [-0.3, -0.25) is 14.7 Å². The summed E-state index contributed by atoms with van der Waals surface area (Å²) in [5, 5.41) is 3.81. The number of hydrogen-bond donors (Lipinski definition) is 1. The largest absolute Gasteiger partial charge is 0.288 e. The molecule has 1 aromatic heterocycles. The molecule has 0 amide bonds. The highest BCUT2D eigenvalue weighted by atomic mass is 16.2. The second kappa shape index (κ2) is 9.11. The third-order valence-corrected chi connectivity index (χ3v) is 5.68. The molecular formula is C27H27N3O. The quantitative estimate of drug-likeness (QED) is 0.431. The molecule has 3 aromatic carbocycles. The van der Waals surface area contributed by atoms with Crippen LogP contribution >= 0.6 is 0 Å². The van der Waals surface area contributed by atoms with Gasteiger partial charge < -0.3 is 0 Å². The minimum atomic E-state index is -0.699. The zero-order chi connectivity index (χ0) is 21.7. The molecule has 0 bridgehead atoms. The number of carbonyl (C=O) groups excluding carboxylic acids is 1. The molecule has 4 nitrogen and oxygen atoms in total. The Kier molecular flexibility index (Phi) is 6.10. The molecule has 1 atom stereocenters. The van der Waals surface area contributed by atoms with E-state index in [4.69, 9.17) is 0 Å². The van der Waals surface area contributed by atoms with Gasteiger partial charge in [-0.1, -0.05) is 105 Å². The molecule has 0 aliphatic carbocycles. The van der Waals surface area contributed by atoms with Gasteiger partial charge in [0.1, 0.15) is 6.33 Å². The van der Waals surface area contributed by atoms with Crippen molar-refractivity contribution in [2.45, 2.75) is 25.4 Å². The highest BCUT2D eigenvalue weighted by Crippen LogP contribution is 2.38. The number of imidazole rings is 1. The van der Waals surface area contributed by atoms with Crippen LogP contribution in [0.15, 0.2) is 110 Å². The van der Waals surface area contributed by atoms with Crippen LogP contribution in [0.5, 0.6) is 0 Å². The fourth-order valence-corrected chi connectivity index (χ4v) is 4.11. The Morgan fingerprint density at radius 3 is 1.61 bits per heavy atom. The van der Waals surface area contributed by atoms with Crippen molar-refractivity contribution in [3.8, 4) is 0 Å². The van der Waals surface area contributed by atoms with Gasteiger partial charge in [-0.15, -0.1) is 0 Å². The van der Waals surface area contributed by atoms with Crippen molar-refractivity contribution in [1.29, 1.82) is 0 Å². The van der Waals surface area contributed by atoms with Crippen molar-refractivity contribution in [1.82, 2.24) is 14.9 Å². The van der Waals surface area contributed by atoms with Gasteiger partial charge in [-0.2, -0.15) is 0 Å². The normalized spacial score (nSPS) is 12.6. The molecule has 0 fully saturated rings. The van der Waals surface area contributed by atoms with E-state index in [2.05, 4.69) is 60.5 Å². The maximum Gasteiger partial charge on any atom is 0.249 e. The average molecular weight is 410 g/mol. The van der Waals surface area contributed by atoms with E-state index in [0.717, 1.165) is 16.7 Å². The second-order valence-corrected chi connectivity index (χ2v) is 8.02. The maximum atomic E-state index is 13.5. The van der Waals surface area contributed by atoms with Crippen LogP contribution in [0.25, 0.3) is 0 Å². The van der Waals surface area contributed by atoms with Crippen LogP contribution in [0.2, 0.25) is 0 Å². The average Bonchev–Trinajstić information content (AvgIpc) is 3.36. The molecule has 0 saturated heterocycles. The van der Waals surface area contributed by atoms with Crippen LogP contribution in [0.4, 0.5) is 0 Å². The number of benzene rings is 3. The van der Waals surface area contributed by atoms with Crippen molar-refractivity contribution in [3.05, 3.63) is 126 Å². The summed E-state index contributed by atoms with van der Waals surface area (Å²) in [6.07, 6.45) is 4.90. The van der Waals surface area contributed by atoms with E-state index in [1.54, 1.807) is 23.3 Å². The van der Waals surface area contributed by atoms with Gasteiger partial charge >= 0.3 is 0 Å². The van der Waals surface area contributed by atoms with Gasteiger partial charge in [0.25, 0.3) is 0 Å². The first-order chi connectivity index (χ1) is 15.1. The predicted octanol–water partition coefficient (Wildman–Crippen LogP) is 5.13. The van der Waals surface area contributed by atoms with Crippen molar-refractivity contribution < 1.29 is 4.79 Å². The Morgan fingerprint density at radius 1 is 0.806 bits per heavy atom. The van der Waals surface area contributed by atoms with Crippen molar-refractivity contribution >= 4 is 5.91 Å². The van der Waals surface area contributed by atoms with Crippen LogP contribution in [-0.2, 0) is 5.54 Å². The summed E-state index contributed by atoms with van der Waals surface area (Å²) in [6, 6.07) is 30.6. The fourth-order valence-electron chi connectivity index (χ4n) is 4.11. The Bertz CT molecular complexity index is 995. The molecule has 0 unspecified atom stereocenters. The highest BCUT2D eigenvalue weighted by molar-refractivity contribution is 5.84. The Hall–Kier alpha value is -3.50. The molecule has 0 aliphatic rings. The Morgan fingerprint density at radius 2 is 1.26 bits per heavy atom. The lowest BCUT2D eigenvalue weighted by atomic mass is 9.76. The first-order valence-electron chi connectivity index (χ1n) is 10.6. The van der Waals surface area contributed by atoms with Gasteiger partial charge in [0.2, 0.25) is 5.91 Å². The molecule has 1 heterocycles. The highest BCUT2D eigenvalue weighted by Gasteiger charge is 2.40. The first-order valence-corrected chi connectivity index (χ1v) is 10.6. The summed E-state index contributed by atoms with van der Waals surface area (Å²) in [7, 11) is 0. The van der Waals surface area contributed by atoms with E-state index in [-0.39, 0.29) is 11.8 Å². The lowest BCUT2D eigenvalue weighted by molar-refractivity contribution is 0.0813. The Balaban J connectivity index is 1.94. The SMILES string of the molecule is CC(C)[C@H](NC(c1ccccc1)(c1ccccc1)c1ccccc1)C(=O)n1ccnc1. The predicted molar refractivity (Wildman–Crippen MR) is 124 cm³/mol. The monoisotopic (exact) mass is 409 g/mol. The number of nitrogens with one attached hydrogen (secondary N) is 1. The fraction of sp³-hybridized carbons (Fsp3) is 0.185. The number of carbonyl (C=O) groups is 1. The van der Waals surface area contributed by atoms with Crippen LogP contribution in [0.1, 0.15) is 35.3 Å². The molecule has 4 heteroatoms. The molecule has 156 valence electrons. The molecule has 4 aromatic rings. The molecule has 0 radical (unpaired) electrons. The van der Waals surface area contributed by atoms with Crippen LogP contribution < -0.4 is 5.32 Å². The summed E-state index contributed by atoms with van der Waals surface area (Å²) < 4.78 is 1.56. The number of rotatable bonds is 7. The van der Waals surface area contributed by atoms with E-state index in [0.29, 0.717) is 0 Å². The lowest BCUT2D eigenvalue weighted by Crippen LogP contribution is -2.55. The van der Waals surface area contributed by atoms with Gasteiger partial charge in [0.05, 0.1) is 11.6 Å². The van der Waals surface area contributed by atoms with E-state index in [1.807, 2.05) is 54.6 Å². The van der Waals surface area contributed by atoms with E-state index < -0.39 is 11.6 Å². The molecular weight excluding hydrogens is 382 g/mol. The molecule has 0 saturated carbocycles. The van der Waals surface area contributed by atoms with Crippen LogP contribution in [0.3, 0.4) is 0 Å². The number of hydrogen-bond acceptors (Lipinski definition) is 3. The summed E-state index contributed by atoms with van der Waals surface area (Å²) >= 11 is 0. The van der Waals surface area contributed by atoms with Crippen molar-refractivity contribution in [2.24, 2.45) is 5.92 Å². The smallest absolute Gasteiger partial charge is 0.249 e. The topological polar surface area (TPSA) is 46.9 Å². The minimum absolute atomic E-state index is 0.0281. The van der Waals surface area contributed by atoms with E-state index in [1.165, 1.54) is 0 Å².